The van der Waals surface area contributed by atoms with Crippen LogP contribution in [0.1, 0.15) is 12.8 Å². The van der Waals surface area contributed by atoms with Gasteiger partial charge in [0.15, 0.2) is 0 Å². The van der Waals surface area contributed by atoms with Gasteiger partial charge in [-0.05, 0) is 16.2 Å². The molecule has 0 bridgehead atoms. The normalized spacial score (nSPS) is 19.9. The molecule has 0 radical (unpaired) electrons. The molecule has 0 aliphatic carbocycles. The van der Waals surface area contributed by atoms with E-state index in [0.717, 1.165) is 5.02 Å². The van der Waals surface area contributed by atoms with Gasteiger partial charge in [0.05, 0.1) is 8.07 Å². The number of benzene rings is 1. The molecule has 1 saturated heterocycles. The maximum absolute atomic E-state index is 5.92. The molecule has 3 heteroatoms. The molecule has 1 aromatic rings. The lowest BCUT2D eigenvalue weighted by Crippen LogP contribution is -2.47. The fourth-order valence-corrected chi connectivity index (χ4v) is 10.1. The van der Waals surface area contributed by atoms with Crippen LogP contribution in [0.4, 0.5) is 0 Å². The van der Waals surface area contributed by atoms with Crippen LogP contribution in [0.25, 0.3) is 0 Å². The van der Waals surface area contributed by atoms with E-state index in [4.69, 9.17) is 11.6 Å². The predicted octanol–water partition coefficient (Wildman–Crippen LogP) is 3.76. The highest BCUT2D eigenvalue weighted by atomic mass is 127. The Labute approximate surface area is 105 Å². The first kappa shape index (κ1) is 11.0. The zero-order valence-electron chi connectivity index (χ0n) is 8.10. The number of hydrogen-bond acceptors (Lipinski definition) is 0. The lowest BCUT2D eigenvalue weighted by Gasteiger charge is -2.24. The Morgan fingerprint density at radius 1 is 1.14 bits per heavy atom. The first-order valence-electron chi connectivity index (χ1n) is 5.09. The molecule has 0 aromatic heterocycles. The van der Waals surface area contributed by atoms with Crippen LogP contribution in [0, 0.1) is 0 Å². The highest BCUT2D eigenvalue weighted by Gasteiger charge is 2.36. The van der Waals surface area contributed by atoms with Crippen LogP contribution < -0.4 is 5.19 Å². The summed E-state index contributed by atoms with van der Waals surface area (Å²) in [6.45, 7) is 0. The summed E-state index contributed by atoms with van der Waals surface area (Å²) in [5.41, 5.74) is 0. The van der Waals surface area contributed by atoms with E-state index in [-0.39, 0.29) is 0 Å². The Kier molecular flexibility index (Phi) is 3.55. The van der Waals surface area contributed by atoms with Gasteiger partial charge in [-0.2, -0.15) is 0 Å². The van der Waals surface area contributed by atoms with Gasteiger partial charge < -0.3 is 0 Å². The lowest BCUT2D eigenvalue weighted by molar-refractivity contribution is 0.935. The molecule has 0 nitrogen and oxygen atoms in total. The topological polar surface area (TPSA) is 0 Å². The Hall–Kier alpha value is 0.457. The van der Waals surface area contributed by atoms with Crippen molar-refractivity contribution in [3.8, 4) is 0 Å². The minimum Gasteiger partial charge on any atom is -0.0893 e. The van der Waals surface area contributed by atoms with E-state index in [0.29, 0.717) is 0 Å². The van der Waals surface area contributed by atoms with Gasteiger partial charge in [-0.15, -0.1) is 0 Å². The smallest absolute Gasteiger partial charge is 0.0893 e. The van der Waals surface area contributed by atoms with Crippen LogP contribution in [0.3, 0.4) is 0 Å². The Morgan fingerprint density at radius 2 is 1.71 bits per heavy atom. The average Bonchev–Trinajstić information content (AvgIpc) is 2.68. The second kappa shape index (κ2) is 4.54. The Morgan fingerprint density at radius 3 is 2.21 bits per heavy atom. The SMILES string of the molecule is Clc1ccc([Si]2(CI)CCCC2)cc1. The molecule has 0 spiro atoms. The van der Waals surface area contributed by atoms with Crippen molar-refractivity contribution in [3.63, 3.8) is 0 Å². The third kappa shape index (κ3) is 2.02. The van der Waals surface area contributed by atoms with Gasteiger partial charge in [-0.25, -0.2) is 0 Å². The van der Waals surface area contributed by atoms with E-state index in [1.807, 2.05) is 0 Å². The maximum Gasteiger partial charge on any atom is 0.0963 e. The second-order valence-corrected chi connectivity index (χ2v) is 11.3. The minimum absolute atomic E-state index is 0.865. The molecule has 0 atom stereocenters. The molecule has 0 amide bonds. The second-order valence-electron chi connectivity index (χ2n) is 4.13. The number of alkyl halides is 1. The van der Waals surface area contributed by atoms with Crippen LogP contribution in [-0.4, -0.2) is 12.1 Å². The maximum atomic E-state index is 5.92. The van der Waals surface area contributed by atoms with Crippen LogP contribution >= 0.6 is 34.2 Å². The molecule has 1 aromatic carbocycles. The summed E-state index contributed by atoms with van der Waals surface area (Å²) in [5.74, 6) is 0. The number of halogens is 2. The lowest BCUT2D eigenvalue weighted by atomic mass is 10.4. The molecular weight excluding hydrogens is 323 g/mol. The molecule has 2 rings (SSSR count). The highest BCUT2D eigenvalue weighted by Crippen LogP contribution is 2.31. The van der Waals surface area contributed by atoms with Crippen LogP contribution in [0.5, 0.6) is 0 Å². The minimum atomic E-state index is -1.08. The van der Waals surface area contributed by atoms with Crippen molar-refractivity contribution in [2.75, 3.05) is 4.05 Å². The fraction of sp³-hybridized carbons (Fsp3) is 0.455. The molecule has 76 valence electrons. The van der Waals surface area contributed by atoms with Crippen molar-refractivity contribution >= 4 is 47.5 Å². The summed E-state index contributed by atoms with van der Waals surface area (Å²) in [7, 11) is -1.08. The molecule has 1 heterocycles. The highest BCUT2D eigenvalue weighted by molar-refractivity contribution is 14.1. The molecule has 1 aliphatic rings. The summed E-state index contributed by atoms with van der Waals surface area (Å²) in [4.78, 5) is 0. The van der Waals surface area contributed by atoms with Gasteiger partial charge in [0, 0.05) is 5.02 Å². The zero-order chi connectivity index (χ0) is 10.0. The standard InChI is InChI=1S/C11H14ClISi/c12-10-3-5-11(6-4-10)14(9-13)7-1-2-8-14/h3-6H,1-2,7-9H2. The third-order valence-electron chi connectivity index (χ3n) is 3.27. The zero-order valence-corrected chi connectivity index (χ0v) is 12.0. The predicted molar refractivity (Wildman–Crippen MR) is 74.6 cm³/mol. The largest absolute Gasteiger partial charge is 0.0963 e. The van der Waals surface area contributed by atoms with Crippen molar-refractivity contribution in [3.05, 3.63) is 29.3 Å². The van der Waals surface area contributed by atoms with Crippen molar-refractivity contribution < 1.29 is 0 Å². The Bertz CT molecular complexity index is 304. The summed E-state index contributed by atoms with van der Waals surface area (Å²) >= 11 is 8.50. The van der Waals surface area contributed by atoms with Gasteiger partial charge in [-0.3, -0.25) is 0 Å². The van der Waals surface area contributed by atoms with Gasteiger partial charge in [0.2, 0.25) is 0 Å². The van der Waals surface area contributed by atoms with Crippen molar-refractivity contribution in [2.24, 2.45) is 0 Å². The molecular formula is C11H14ClISi. The summed E-state index contributed by atoms with van der Waals surface area (Å²) in [6, 6.07) is 11.6. The Balaban J connectivity index is 2.31. The molecule has 0 unspecified atom stereocenters. The number of rotatable bonds is 2. The van der Waals surface area contributed by atoms with Crippen molar-refractivity contribution in [1.29, 1.82) is 0 Å². The molecule has 0 N–H and O–H groups in total. The van der Waals surface area contributed by atoms with Crippen LogP contribution in [0.2, 0.25) is 17.1 Å². The molecule has 0 saturated carbocycles. The molecule has 1 fully saturated rings. The molecule has 1 aliphatic heterocycles. The van der Waals surface area contributed by atoms with Gasteiger partial charge in [0.1, 0.15) is 0 Å². The first-order valence-corrected chi connectivity index (χ1v) is 9.61. The van der Waals surface area contributed by atoms with E-state index in [2.05, 4.69) is 46.9 Å². The van der Waals surface area contributed by atoms with Crippen LogP contribution in [-0.2, 0) is 0 Å². The third-order valence-corrected chi connectivity index (χ3v) is 12.6. The number of hydrogen-bond donors (Lipinski definition) is 0. The quantitative estimate of drug-likeness (QED) is 0.438. The van der Waals surface area contributed by atoms with E-state index < -0.39 is 8.07 Å². The van der Waals surface area contributed by atoms with E-state index in [1.165, 1.54) is 29.0 Å². The average molecular weight is 337 g/mol. The van der Waals surface area contributed by atoms with Gasteiger partial charge in [-0.1, -0.05) is 76.4 Å². The monoisotopic (exact) mass is 336 g/mol. The van der Waals surface area contributed by atoms with E-state index >= 15 is 0 Å². The van der Waals surface area contributed by atoms with Crippen molar-refractivity contribution in [1.82, 2.24) is 0 Å². The summed E-state index contributed by atoms with van der Waals surface area (Å²) < 4.78 is 1.37. The summed E-state index contributed by atoms with van der Waals surface area (Å²) in [6.07, 6.45) is 2.88. The van der Waals surface area contributed by atoms with Crippen molar-refractivity contribution in [2.45, 2.75) is 24.9 Å². The summed E-state index contributed by atoms with van der Waals surface area (Å²) in [5, 5.41) is 2.48. The first-order chi connectivity index (χ1) is 6.77. The van der Waals surface area contributed by atoms with E-state index in [1.54, 1.807) is 5.19 Å². The van der Waals surface area contributed by atoms with Gasteiger partial charge in [0.25, 0.3) is 0 Å². The molecule has 14 heavy (non-hydrogen) atoms. The van der Waals surface area contributed by atoms with Gasteiger partial charge >= 0.3 is 0 Å². The van der Waals surface area contributed by atoms with E-state index in [9.17, 15) is 0 Å². The van der Waals surface area contributed by atoms with Crippen LogP contribution in [0.15, 0.2) is 24.3 Å². The fourth-order valence-electron chi connectivity index (χ4n) is 2.35.